The molecule has 0 aromatic heterocycles. The highest BCUT2D eigenvalue weighted by Crippen LogP contribution is 2.26. The van der Waals surface area contributed by atoms with Crippen LogP contribution in [-0.2, 0) is 0 Å². The SMILES string of the molecule is [CH2]C(CO)c1cc(Br)cc(OCCCC)c1. The van der Waals surface area contributed by atoms with Crippen LogP contribution in [-0.4, -0.2) is 18.3 Å². The number of aliphatic hydroxyl groups excluding tert-OH is 1. The van der Waals surface area contributed by atoms with Crippen molar-refractivity contribution >= 4 is 15.9 Å². The van der Waals surface area contributed by atoms with Gasteiger partial charge < -0.3 is 9.84 Å². The van der Waals surface area contributed by atoms with E-state index in [4.69, 9.17) is 9.84 Å². The maximum absolute atomic E-state index is 9.07. The topological polar surface area (TPSA) is 29.5 Å². The first kappa shape index (κ1) is 13.5. The number of hydrogen-bond donors (Lipinski definition) is 1. The van der Waals surface area contributed by atoms with E-state index >= 15 is 0 Å². The molecule has 2 nitrogen and oxygen atoms in total. The second-order valence-corrected chi connectivity index (χ2v) is 4.72. The van der Waals surface area contributed by atoms with Crippen LogP contribution < -0.4 is 4.74 Å². The van der Waals surface area contributed by atoms with Gasteiger partial charge in [0, 0.05) is 17.0 Å². The number of benzene rings is 1. The summed E-state index contributed by atoms with van der Waals surface area (Å²) in [4.78, 5) is 0. The van der Waals surface area contributed by atoms with Crippen LogP contribution >= 0.6 is 15.9 Å². The molecule has 1 N–H and O–H groups in total. The van der Waals surface area contributed by atoms with Crippen molar-refractivity contribution in [3.8, 4) is 5.75 Å². The average Bonchev–Trinajstić information content (AvgIpc) is 2.27. The minimum absolute atomic E-state index is 0.0465. The Morgan fingerprint density at radius 2 is 2.19 bits per heavy atom. The van der Waals surface area contributed by atoms with E-state index in [0.717, 1.165) is 35.2 Å². The van der Waals surface area contributed by atoms with E-state index in [9.17, 15) is 0 Å². The molecule has 0 aliphatic heterocycles. The van der Waals surface area contributed by atoms with Crippen molar-refractivity contribution < 1.29 is 9.84 Å². The zero-order valence-electron chi connectivity index (χ0n) is 9.58. The van der Waals surface area contributed by atoms with E-state index in [-0.39, 0.29) is 12.5 Å². The summed E-state index contributed by atoms with van der Waals surface area (Å²) < 4.78 is 6.58. The highest BCUT2D eigenvalue weighted by molar-refractivity contribution is 9.10. The number of halogens is 1. The van der Waals surface area contributed by atoms with Crippen molar-refractivity contribution in [1.29, 1.82) is 0 Å². The lowest BCUT2D eigenvalue weighted by molar-refractivity contribution is 0.281. The molecule has 1 aromatic rings. The molecule has 1 unspecified atom stereocenters. The van der Waals surface area contributed by atoms with Gasteiger partial charge >= 0.3 is 0 Å². The monoisotopic (exact) mass is 285 g/mol. The first-order valence-corrected chi connectivity index (χ1v) is 6.34. The zero-order valence-corrected chi connectivity index (χ0v) is 11.2. The van der Waals surface area contributed by atoms with Crippen LogP contribution in [0.4, 0.5) is 0 Å². The molecule has 0 saturated heterocycles. The van der Waals surface area contributed by atoms with Gasteiger partial charge in [0.15, 0.2) is 0 Å². The van der Waals surface area contributed by atoms with Gasteiger partial charge in [-0.2, -0.15) is 0 Å². The summed E-state index contributed by atoms with van der Waals surface area (Å²) in [7, 11) is 0. The lowest BCUT2D eigenvalue weighted by Crippen LogP contribution is -2.01. The van der Waals surface area contributed by atoms with Gasteiger partial charge in [0.1, 0.15) is 5.75 Å². The van der Waals surface area contributed by atoms with Gasteiger partial charge in [0.25, 0.3) is 0 Å². The molecule has 89 valence electrons. The molecular formula is C13H18BrO2. The minimum Gasteiger partial charge on any atom is -0.494 e. The number of aliphatic hydroxyl groups is 1. The fraction of sp³-hybridized carbons (Fsp3) is 0.462. The van der Waals surface area contributed by atoms with Crippen LogP contribution in [0, 0.1) is 6.92 Å². The van der Waals surface area contributed by atoms with E-state index in [1.54, 1.807) is 0 Å². The van der Waals surface area contributed by atoms with Crippen LogP contribution in [0.5, 0.6) is 5.75 Å². The van der Waals surface area contributed by atoms with Crippen molar-refractivity contribution in [2.75, 3.05) is 13.2 Å². The largest absolute Gasteiger partial charge is 0.494 e. The second-order valence-electron chi connectivity index (χ2n) is 3.80. The van der Waals surface area contributed by atoms with Gasteiger partial charge in [-0.25, -0.2) is 0 Å². The van der Waals surface area contributed by atoms with Crippen LogP contribution in [0.1, 0.15) is 31.2 Å². The van der Waals surface area contributed by atoms with Crippen molar-refractivity contribution in [2.24, 2.45) is 0 Å². The molecule has 1 radical (unpaired) electrons. The van der Waals surface area contributed by atoms with Gasteiger partial charge in [-0.1, -0.05) is 29.3 Å². The third kappa shape index (κ3) is 4.14. The molecule has 0 aliphatic rings. The summed E-state index contributed by atoms with van der Waals surface area (Å²) >= 11 is 3.43. The number of rotatable bonds is 6. The molecule has 1 atom stereocenters. The Hall–Kier alpha value is -0.540. The van der Waals surface area contributed by atoms with E-state index in [0.29, 0.717) is 0 Å². The van der Waals surface area contributed by atoms with Crippen molar-refractivity contribution in [1.82, 2.24) is 0 Å². The summed E-state index contributed by atoms with van der Waals surface area (Å²) in [6, 6.07) is 5.83. The van der Waals surface area contributed by atoms with Crippen molar-refractivity contribution in [3.63, 3.8) is 0 Å². The third-order valence-electron chi connectivity index (χ3n) is 2.35. The smallest absolute Gasteiger partial charge is 0.120 e. The Bertz CT molecular complexity index is 326. The fourth-order valence-electron chi connectivity index (χ4n) is 1.34. The van der Waals surface area contributed by atoms with Crippen LogP contribution in [0.3, 0.4) is 0 Å². The van der Waals surface area contributed by atoms with Crippen LogP contribution in [0.2, 0.25) is 0 Å². The zero-order chi connectivity index (χ0) is 12.0. The molecule has 0 spiro atoms. The van der Waals surface area contributed by atoms with Gasteiger partial charge in [0.2, 0.25) is 0 Å². The molecule has 0 saturated carbocycles. The Labute approximate surface area is 106 Å². The Morgan fingerprint density at radius 3 is 2.81 bits per heavy atom. The molecule has 16 heavy (non-hydrogen) atoms. The minimum atomic E-state index is -0.106. The van der Waals surface area contributed by atoms with Crippen molar-refractivity contribution in [3.05, 3.63) is 35.2 Å². The quantitative estimate of drug-likeness (QED) is 0.810. The summed E-state index contributed by atoms with van der Waals surface area (Å²) in [6.45, 7) is 6.79. The standard InChI is InChI=1S/C13H18BrO2/c1-3-4-5-16-13-7-11(10(2)9-15)6-12(14)8-13/h6-8,10,15H,2-5,9H2,1H3. The lowest BCUT2D eigenvalue weighted by Gasteiger charge is -2.12. The van der Waals surface area contributed by atoms with E-state index in [2.05, 4.69) is 29.8 Å². The normalized spacial score (nSPS) is 12.5. The molecule has 0 amide bonds. The average molecular weight is 286 g/mol. The number of unbranched alkanes of at least 4 members (excludes halogenated alkanes) is 1. The van der Waals surface area contributed by atoms with E-state index < -0.39 is 0 Å². The van der Waals surface area contributed by atoms with Crippen molar-refractivity contribution in [2.45, 2.75) is 25.7 Å². The maximum Gasteiger partial charge on any atom is 0.120 e. The molecule has 0 fully saturated rings. The van der Waals surface area contributed by atoms with Gasteiger partial charge in [-0.15, -0.1) is 0 Å². The van der Waals surface area contributed by atoms with Gasteiger partial charge in [-0.05, 0) is 37.1 Å². The molecule has 0 aliphatic carbocycles. The molecule has 3 heteroatoms. The van der Waals surface area contributed by atoms with Gasteiger partial charge in [0.05, 0.1) is 6.61 Å². The molecule has 0 heterocycles. The summed E-state index contributed by atoms with van der Waals surface area (Å²) in [6.07, 6.45) is 2.17. The predicted molar refractivity (Wildman–Crippen MR) is 69.7 cm³/mol. The molecule has 1 rings (SSSR count). The molecule has 0 bridgehead atoms. The summed E-state index contributed by atoms with van der Waals surface area (Å²) in [5, 5.41) is 9.07. The first-order chi connectivity index (χ1) is 7.67. The summed E-state index contributed by atoms with van der Waals surface area (Å²) in [5.41, 5.74) is 0.989. The Balaban J connectivity index is 2.73. The number of hydrogen-bond acceptors (Lipinski definition) is 2. The Morgan fingerprint density at radius 1 is 1.44 bits per heavy atom. The van der Waals surface area contributed by atoms with Gasteiger partial charge in [-0.3, -0.25) is 0 Å². The lowest BCUT2D eigenvalue weighted by atomic mass is 10.0. The first-order valence-electron chi connectivity index (χ1n) is 5.54. The summed E-state index contributed by atoms with van der Waals surface area (Å²) in [5.74, 6) is 0.728. The highest BCUT2D eigenvalue weighted by Gasteiger charge is 2.07. The third-order valence-corrected chi connectivity index (χ3v) is 2.81. The molecule has 1 aromatic carbocycles. The molecular weight excluding hydrogens is 268 g/mol. The maximum atomic E-state index is 9.07. The fourth-order valence-corrected chi connectivity index (χ4v) is 1.83. The second kappa shape index (κ2) is 6.92. The van der Waals surface area contributed by atoms with E-state index in [1.165, 1.54) is 0 Å². The van der Waals surface area contributed by atoms with Crippen LogP contribution in [0.15, 0.2) is 22.7 Å². The predicted octanol–water partition coefficient (Wildman–Crippen LogP) is 3.54. The Kier molecular flexibility index (Phi) is 5.85. The number of ether oxygens (including phenoxy) is 1. The highest BCUT2D eigenvalue weighted by atomic mass is 79.9. The van der Waals surface area contributed by atoms with E-state index in [1.807, 2.05) is 18.2 Å². The van der Waals surface area contributed by atoms with Crippen LogP contribution in [0.25, 0.3) is 0 Å².